The number of amides is 3. The minimum absolute atomic E-state index is 0.00719. The number of carboxylic acids is 1. The van der Waals surface area contributed by atoms with Crippen LogP contribution in [0.4, 0.5) is 10.5 Å². The summed E-state index contributed by atoms with van der Waals surface area (Å²) in [7, 11) is 0. The van der Waals surface area contributed by atoms with Gasteiger partial charge in [0.1, 0.15) is 17.5 Å². The van der Waals surface area contributed by atoms with Crippen LogP contribution in [0.1, 0.15) is 43.5 Å². The van der Waals surface area contributed by atoms with Crippen molar-refractivity contribution in [3.63, 3.8) is 0 Å². The van der Waals surface area contributed by atoms with E-state index in [2.05, 4.69) is 10.6 Å². The Morgan fingerprint density at radius 2 is 1.53 bits per heavy atom. The Morgan fingerprint density at radius 1 is 0.889 bits per heavy atom. The van der Waals surface area contributed by atoms with E-state index < -0.39 is 58.7 Å². The van der Waals surface area contributed by atoms with Gasteiger partial charge in [-0.1, -0.05) is 72.8 Å². The number of aliphatic carboxylic acids is 1. The van der Waals surface area contributed by atoms with E-state index >= 15 is 0 Å². The molecule has 3 amide bonds. The molecule has 0 aromatic heterocycles. The second-order valence-corrected chi connectivity index (χ2v) is 12.5. The lowest BCUT2D eigenvalue weighted by Gasteiger charge is -2.31. The molecule has 3 aromatic carbocycles. The molecule has 4 rings (SSSR count). The number of thioether (sulfide) groups is 1. The van der Waals surface area contributed by atoms with Gasteiger partial charge >= 0.3 is 23.9 Å². The summed E-state index contributed by atoms with van der Waals surface area (Å²) in [5.41, 5.74) is 1.51. The number of carbonyl (C=O) groups is 5. The van der Waals surface area contributed by atoms with Gasteiger partial charge in [0.15, 0.2) is 5.37 Å². The van der Waals surface area contributed by atoms with Crippen LogP contribution in [0.3, 0.4) is 0 Å². The van der Waals surface area contributed by atoms with Crippen LogP contribution in [0, 0.1) is 0 Å². The molecule has 1 heterocycles. The van der Waals surface area contributed by atoms with E-state index in [-0.39, 0.29) is 13.0 Å². The summed E-state index contributed by atoms with van der Waals surface area (Å²) in [6, 6.07) is 22.8. The number of carboxylic acid groups (broad SMARTS) is 1. The van der Waals surface area contributed by atoms with Gasteiger partial charge in [0, 0.05) is 5.69 Å². The molecule has 0 bridgehead atoms. The van der Waals surface area contributed by atoms with Gasteiger partial charge in [0.2, 0.25) is 5.91 Å². The van der Waals surface area contributed by atoms with Crippen LogP contribution in [0.25, 0.3) is 0 Å². The van der Waals surface area contributed by atoms with E-state index in [1.807, 2.05) is 30.3 Å². The van der Waals surface area contributed by atoms with Crippen molar-refractivity contribution in [1.82, 2.24) is 10.2 Å². The van der Waals surface area contributed by atoms with Crippen LogP contribution < -0.4 is 10.6 Å². The number of carbonyl (C=O) groups excluding carboxylic acids is 4. The Labute approximate surface area is 265 Å². The summed E-state index contributed by atoms with van der Waals surface area (Å²) in [5.74, 6) is -3.04. The molecule has 1 aliphatic rings. The third-order valence-corrected chi connectivity index (χ3v) is 8.00. The maximum absolute atomic E-state index is 13.6. The number of hydrogen-bond acceptors (Lipinski definition) is 8. The molecular formula is C33H35N3O8S. The second kappa shape index (κ2) is 14.8. The Bertz CT molecular complexity index is 1530. The van der Waals surface area contributed by atoms with E-state index in [0.717, 1.165) is 17.3 Å². The largest absolute Gasteiger partial charge is 0.480 e. The molecule has 3 atom stereocenters. The molecular weight excluding hydrogens is 598 g/mol. The summed E-state index contributed by atoms with van der Waals surface area (Å²) >= 11 is 0.817. The minimum Gasteiger partial charge on any atom is -0.480 e. The number of rotatable bonds is 10. The molecule has 3 N–H and O–H groups in total. The number of anilines is 1. The van der Waals surface area contributed by atoms with Crippen LogP contribution in [0.5, 0.6) is 0 Å². The van der Waals surface area contributed by atoms with E-state index in [4.69, 9.17) is 9.47 Å². The van der Waals surface area contributed by atoms with Gasteiger partial charge in [-0.3, -0.25) is 14.4 Å². The fourth-order valence-electron chi connectivity index (χ4n) is 4.69. The normalized spacial score (nSPS) is 17.7. The van der Waals surface area contributed by atoms with Crippen molar-refractivity contribution in [1.29, 1.82) is 0 Å². The monoisotopic (exact) mass is 633 g/mol. The lowest BCUT2D eigenvalue weighted by Crippen LogP contribution is -2.48. The number of nitrogens with one attached hydrogen (secondary N) is 2. The quantitative estimate of drug-likeness (QED) is 0.274. The summed E-state index contributed by atoms with van der Waals surface area (Å²) in [4.78, 5) is 65.3. The van der Waals surface area contributed by atoms with Crippen molar-refractivity contribution in [2.75, 3.05) is 11.9 Å². The number of esters is 2. The van der Waals surface area contributed by atoms with Crippen molar-refractivity contribution in [2.24, 2.45) is 0 Å². The molecule has 3 aromatic rings. The highest BCUT2D eigenvalue weighted by Gasteiger charge is 2.52. The molecule has 0 unspecified atom stereocenters. The van der Waals surface area contributed by atoms with Crippen molar-refractivity contribution in [3.8, 4) is 0 Å². The van der Waals surface area contributed by atoms with Crippen LogP contribution in [-0.2, 0) is 41.7 Å². The SMILES string of the molecule is CC(C)(C)OC(=O)[C@@H]1S[C@@H](C(=O)O)[C@H](c2ccccc2)N1C(=O)CNC(=O)Nc1cccc(CC(=O)OCc2ccccc2)c1. The average Bonchev–Trinajstić information content (AvgIpc) is 3.41. The smallest absolute Gasteiger partial charge is 0.340 e. The Kier molecular flexibility index (Phi) is 10.8. The zero-order chi connectivity index (χ0) is 32.6. The standard InChI is InChI=1S/C33H35N3O8S/c1-33(2,3)44-31(41)29-36(27(28(45-29)30(39)40)23-14-8-5-9-15-23)25(37)19-34-32(42)35-24-16-10-13-22(17-24)18-26(38)43-20-21-11-6-4-7-12-21/h4-17,27-29H,18-20H2,1-3H3,(H,39,40)(H2,34,35,42)/t27-,28+,29-/m0/s1. The molecule has 0 radical (unpaired) electrons. The number of hydrogen-bond donors (Lipinski definition) is 3. The zero-order valence-corrected chi connectivity index (χ0v) is 25.9. The molecule has 1 aliphatic heterocycles. The molecule has 0 saturated carbocycles. The highest BCUT2D eigenvalue weighted by Crippen LogP contribution is 2.45. The van der Waals surface area contributed by atoms with Gasteiger partial charge in [-0.2, -0.15) is 0 Å². The maximum Gasteiger partial charge on any atom is 0.340 e. The predicted molar refractivity (Wildman–Crippen MR) is 168 cm³/mol. The molecule has 45 heavy (non-hydrogen) atoms. The molecule has 0 aliphatic carbocycles. The Hall–Kier alpha value is -4.84. The summed E-state index contributed by atoms with van der Waals surface area (Å²) in [5, 5.41) is 12.7. The van der Waals surface area contributed by atoms with Crippen molar-refractivity contribution >= 4 is 47.3 Å². The lowest BCUT2D eigenvalue weighted by molar-refractivity contribution is -0.161. The highest BCUT2D eigenvalue weighted by atomic mass is 32.2. The molecule has 11 nitrogen and oxygen atoms in total. The lowest BCUT2D eigenvalue weighted by atomic mass is 10.0. The van der Waals surface area contributed by atoms with Gasteiger partial charge < -0.3 is 30.1 Å². The first-order valence-corrected chi connectivity index (χ1v) is 15.2. The minimum atomic E-state index is -1.24. The van der Waals surface area contributed by atoms with Gasteiger partial charge in [-0.15, -0.1) is 11.8 Å². The van der Waals surface area contributed by atoms with Crippen molar-refractivity contribution in [2.45, 2.75) is 56.1 Å². The number of urea groups is 1. The Morgan fingerprint density at radius 3 is 2.18 bits per heavy atom. The Balaban J connectivity index is 1.41. The van der Waals surface area contributed by atoms with Crippen molar-refractivity contribution in [3.05, 3.63) is 102 Å². The van der Waals surface area contributed by atoms with Gasteiger partial charge in [0.05, 0.1) is 19.0 Å². The fourth-order valence-corrected chi connectivity index (χ4v) is 6.06. The second-order valence-electron chi connectivity index (χ2n) is 11.3. The first-order chi connectivity index (χ1) is 21.4. The van der Waals surface area contributed by atoms with Gasteiger partial charge in [-0.25, -0.2) is 9.59 Å². The van der Waals surface area contributed by atoms with Gasteiger partial charge in [0.25, 0.3) is 0 Å². The molecule has 1 fully saturated rings. The molecule has 1 saturated heterocycles. The van der Waals surface area contributed by atoms with Crippen LogP contribution in [0.2, 0.25) is 0 Å². The number of benzene rings is 3. The summed E-state index contributed by atoms with van der Waals surface area (Å²) < 4.78 is 10.8. The van der Waals surface area contributed by atoms with E-state index in [1.54, 1.807) is 75.4 Å². The number of nitrogens with zero attached hydrogens (tertiary/aromatic N) is 1. The third-order valence-electron chi connectivity index (χ3n) is 6.57. The predicted octanol–water partition coefficient (Wildman–Crippen LogP) is 4.53. The number of ether oxygens (including phenoxy) is 2. The summed E-state index contributed by atoms with van der Waals surface area (Å²) in [6.45, 7) is 4.65. The van der Waals surface area contributed by atoms with Crippen LogP contribution in [0.15, 0.2) is 84.9 Å². The third kappa shape index (κ3) is 9.32. The van der Waals surface area contributed by atoms with E-state index in [1.165, 1.54) is 4.90 Å². The molecule has 236 valence electrons. The van der Waals surface area contributed by atoms with E-state index in [9.17, 15) is 29.1 Å². The zero-order valence-electron chi connectivity index (χ0n) is 25.1. The topological polar surface area (TPSA) is 151 Å². The maximum atomic E-state index is 13.6. The first-order valence-electron chi connectivity index (χ1n) is 14.2. The van der Waals surface area contributed by atoms with E-state index in [0.29, 0.717) is 16.8 Å². The molecule has 12 heteroatoms. The molecule has 0 spiro atoms. The summed E-state index contributed by atoms with van der Waals surface area (Å²) in [6.07, 6.45) is -0.00719. The van der Waals surface area contributed by atoms with Crippen LogP contribution >= 0.6 is 11.8 Å². The first kappa shape index (κ1) is 33.1. The fraction of sp³-hybridized carbons (Fsp3) is 0.303. The van der Waals surface area contributed by atoms with Crippen LogP contribution in [-0.4, -0.2) is 62.6 Å². The average molecular weight is 634 g/mol. The van der Waals surface area contributed by atoms with Crippen molar-refractivity contribution < 1.29 is 38.6 Å². The highest BCUT2D eigenvalue weighted by molar-refractivity contribution is 8.02. The van der Waals surface area contributed by atoms with Gasteiger partial charge in [-0.05, 0) is 49.6 Å².